The Labute approximate surface area is 95.1 Å². The first kappa shape index (κ1) is 10.0. The van der Waals surface area contributed by atoms with Crippen LogP contribution >= 0.6 is 15.9 Å². The molecule has 1 aromatic heterocycles. The van der Waals surface area contributed by atoms with Crippen molar-refractivity contribution >= 4 is 21.7 Å². The number of rotatable bonds is 2. The zero-order chi connectivity index (χ0) is 10.8. The first-order chi connectivity index (χ1) is 7.24. The Hall–Kier alpha value is -1.49. The minimum atomic E-state index is 0.330. The molecule has 2 rings (SSSR count). The van der Waals surface area contributed by atoms with Gasteiger partial charge in [0.2, 0.25) is 0 Å². The number of nitrogen functional groups attached to an aromatic ring is 1. The van der Waals surface area contributed by atoms with Crippen LogP contribution in [0.1, 0.15) is 0 Å². The molecule has 1 aromatic carbocycles. The highest BCUT2D eigenvalue weighted by Crippen LogP contribution is 2.37. The summed E-state index contributed by atoms with van der Waals surface area (Å²) in [6, 6.07) is 7.50. The van der Waals surface area contributed by atoms with E-state index < -0.39 is 0 Å². The van der Waals surface area contributed by atoms with Gasteiger partial charge in [-0.2, -0.15) is 0 Å². The molecular weight excluding hydrogens is 260 g/mol. The Morgan fingerprint density at radius 3 is 2.73 bits per heavy atom. The van der Waals surface area contributed by atoms with Crippen molar-refractivity contribution in [1.82, 2.24) is 5.16 Å². The quantitative estimate of drug-likeness (QED) is 0.910. The van der Waals surface area contributed by atoms with Crippen molar-refractivity contribution in [2.24, 2.45) is 0 Å². The summed E-state index contributed by atoms with van der Waals surface area (Å²) in [6.45, 7) is 0. The maximum Gasteiger partial charge on any atom is 0.187 e. The molecule has 0 bridgehead atoms. The Kier molecular flexibility index (Phi) is 2.64. The van der Waals surface area contributed by atoms with E-state index in [4.69, 9.17) is 15.0 Å². The number of anilines is 1. The summed E-state index contributed by atoms with van der Waals surface area (Å²) in [5, 5.41) is 3.67. The zero-order valence-electron chi connectivity index (χ0n) is 8.03. The minimum Gasteiger partial charge on any atom is -0.496 e. The number of ether oxygens (including phenoxy) is 1. The van der Waals surface area contributed by atoms with Crippen molar-refractivity contribution < 1.29 is 9.26 Å². The highest BCUT2D eigenvalue weighted by Gasteiger charge is 2.16. The molecule has 0 atom stereocenters. The molecule has 2 aromatic rings. The first-order valence-corrected chi connectivity index (χ1v) is 5.07. The monoisotopic (exact) mass is 268 g/mol. The van der Waals surface area contributed by atoms with Gasteiger partial charge in [-0.1, -0.05) is 17.3 Å². The lowest BCUT2D eigenvalue weighted by atomic mass is 10.1. The van der Waals surface area contributed by atoms with Crippen LogP contribution in [0.15, 0.2) is 33.3 Å². The molecule has 0 radical (unpaired) electrons. The summed E-state index contributed by atoms with van der Waals surface area (Å²) in [6.07, 6.45) is 0. The van der Waals surface area contributed by atoms with Gasteiger partial charge in [-0.05, 0) is 28.1 Å². The molecule has 1 heterocycles. The molecule has 4 nitrogen and oxygen atoms in total. The molecule has 2 N–H and O–H groups in total. The maximum absolute atomic E-state index is 5.58. The van der Waals surface area contributed by atoms with Gasteiger partial charge in [0.25, 0.3) is 0 Å². The smallest absolute Gasteiger partial charge is 0.187 e. The van der Waals surface area contributed by atoms with Crippen molar-refractivity contribution in [3.63, 3.8) is 0 Å². The molecular formula is C10H9BrN2O2. The van der Waals surface area contributed by atoms with Crippen LogP contribution in [-0.4, -0.2) is 12.3 Å². The summed E-state index contributed by atoms with van der Waals surface area (Å²) in [7, 11) is 1.60. The third kappa shape index (κ3) is 1.70. The average Bonchev–Trinajstić information content (AvgIpc) is 2.60. The van der Waals surface area contributed by atoms with Gasteiger partial charge in [0.15, 0.2) is 11.6 Å². The van der Waals surface area contributed by atoms with Crippen LogP contribution in [0.25, 0.3) is 11.3 Å². The van der Waals surface area contributed by atoms with Crippen LogP contribution in [0.4, 0.5) is 5.82 Å². The predicted molar refractivity (Wildman–Crippen MR) is 60.6 cm³/mol. The summed E-state index contributed by atoms with van der Waals surface area (Å²) in [4.78, 5) is 0. The number of nitrogens with zero attached hydrogens (tertiary/aromatic N) is 1. The number of methoxy groups -OCH3 is 1. The van der Waals surface area contributed by atoms with Crippen molar-refractivity contribution in [2.45, 2.75) is 0 Å². The van der Waals surface area contributed by atoms with Crippen molar-refractivity contribution in [3.05, 3.63) is 28.7 Å². The molecule has 15 heavy (non-hydrogen) atoms. The molecule has 0 aliphatic heterocycles. The van der Waals surface area contributed by atoms with Crippen LogP contribution in [0.3, 0.4) is 0 Å². The second-order valence-corrected chi connectivity index (χ2v) is 3.70. The van der Waals surface area contributed by atoms with Crippen molar-refractivity contribution in [2.75, 3.05) is 12.8 Å². The second kappa shape index (κ2) is 3.94. The van der Waals surface area contributed by atoms with E-state index in [0.717, 1.165) is 5.56 Å². The Morgan fingerprint density at radius 1 is 1.40 bits per heavy atom. The van der Waals surface area contributed by atoms with E-state index >= 15 is 0 Å². The lowest BCUT2D eigenvalue weighted by Crippen LogP contribution is -1.87. The number of benzene rings is 1. The molecule has 0 spiro atoms. The molecule has 5 heteroatoms. The van der Waals surface area contributed by atoms with Crippen LogP contribution in [0, 0.1) is 0 Å². The van der Waals surface area contributed by atoms with Gasteiger partial charge in [-0.25, -0.2) is 0 Å². The average molecular weight is 269 g/mol. The van der Waals surface area contributed by atoms with Gasteiger partial charge in [0.05, 0.1) is 12.7 Å². The lowest BCUT2D eigenvalue weighted by molar-refractivity contribution is 0.407. The summed E-state index contributed by atoms with van der Waals surface area (Å²) in [5.41, 5.74) is 6.39. The third-order valence-electron chi connectivity index (χ3n) is 2.01. The second-order valence-electron chi connectivity index (χ2n) is 2.91. The Bertz CT molecular complexity index is 482. The summed E-state index contributed by atoms with van der Waals surface area (Å²) >= 11 is 3.31. The van der Waals surface area contributed by atoms with E-state index in [0.29, 0.717) is 21.8 Å². The SMILES string of the molecule is COc1ccccc1-c1onc(N)c1Br. The number of para-hydroxylation sites is 1. The van der Waals surface area contributed by atoms with Crippen molar-refractivity contribution in [1.29, 1.82) is 0 Å². The molecule has 0 unspecified atom stereocenters. The maximum atomic E-state index is 5.58. The van der Waals surface area contributed by atoms with Crippen LogP contribution in [-0.2, 0) is 0 Å². The fraction of sp³-hybridized carbons (Fsp3) is 0.100. The number of hydrogen-bond acceptors (Lipinski definition) is 4. The molecule has 0 saturated heterocycles. The third-order valence-corrected chi connectivity index (χ3v) is 2.78. The predicted octanol–water partition coefficient (Wildman–Crippen LogP) is 2.69. The Balaban J connectivity index is 2.58. The molecule has 0 amide bonds. The van der Waals surface area contributed by atoms with Gasteiger partial charge in [0.1, 0.15) is 10.2 Å². The van der Waals surface area contributed by atoms with E-state index in [-0.39, 0.29) is 0 Å². The standard InChI is InChI=1S/C10H9BrN2O2/c1-14-7-5-3-2-4-6(7)9-8(11)10(12)13-15-9/h2-5H,1H3,(H2,12,13). The van der Waals surface area contributed by atoms with Gasteiger partial charge in [-0.3, -0.25) is 0 Å². The van der Waals surface area contributed by atoms with E-state index in [2.05, 4.69) is 21.1 Å². The van der Waals surface area contributed by atoms with E-state index in [1.807, 2.05) is 24.3 Å². The highest BCUT2D eigenvalue weighted by molar-refractivity contribution is 9.10. The molecule has 0 aliphatic rings. The van der Waals surface area contributed by atoms with Gasteiger partial charge in [0, 0.05) is 0 Å². The van der Waals surface area contributed by atoms with Crippen LogP contribution in [0.5, 0.6) is 5.75 Å². The fourth-order valence-corrected chi connectivity index (χ4v) is 1.65. The number of hydrogen-bond donors (Lipinski definition) is 1. The van der Waals surface area contributed by atoms with E-state index in [1.165, 1.54) is 0 Å². The largest absolute Gasteiger partial charge is 0.496 e. The summed E-state index contributed by atoms with van der Waals surface area (Å²) < 4.78 is 11.0. The number of nitrogens with two attached hydrogens (primary N) is 1. The van der Waals surface area contributed by atoms with Crippen molar-refractivity contribution in [3.8, 4) is 17.1 Å². The van der Waals surface area contributed by atoms with Gasteiger partial charge in [-0.15, -0.1) is 0 Å². The van der Waals surface area contributed by atoms with Gasteiger partial charge >= 0.3 is 0 Å². The van der Waals surface area contributed by atoms with Crippen LogP contribution in [0.2, 0.25) is 0 Å². The fourth-order valence-electron chi connectivity index (χ4n) is 1.29. The molecule has 0 aliphatic carbocycles. The highest BCUT2D eigenvalue weighted by atomic mass is 79.9. The lowest BCUT2D eigenvalue weighted by Gasteiger charge is -2.04. The minimum absolute atomic E-state index is 0.330. The van der Waals surface area contributed by atoms with Gasteiger partial charge < -0.3 is 15.0 Å². The Morgan fingerprint density at radius 2 is 2.13 bits per heavy atom. The summed E-state index contributed by atoms with van der Waals surface area (Å²) in [5.74, 6) is 1.62. The molecule has 0 fully saturated rings. The first-order valence-electron chi connectivity index (χ1n) is 4.28. The van der Waals surface area contributed by atoms with E-state index in [1.54, 1.807) is 7.11 Å². The number of halogens is 1. The van der Waals surface area contributed by atoms with E-state index in [9.17, 15) is 0 Å². The molecule has 78 valence electrons. The zero-order valence-corrected chi connectivity index (χ0v) is 9.61. The normalized spacial score (nSPS) is 10.3. The topological polar surface area (TPSA) is 61.3 Å². The number of aromatic nitrogens is 1. The van der Waals surface area contributed by atoms with Crippen LogP contribution < -0.4 is 10.5 Å². The molecule has 0 saturated carbocycles.